The molecule has 0 saturated heterocycles. The predicted octanol–water partition coefficient (Wildman–Crippen LogP) is 3.12. The average molecular weight is 465 g/mol. The summed E-state index contributed by atoms with van der Waals surface area (Å²) in [6.45, 7) is 3.99. The number of halogens is 1. The Labute approximate surface area is 194 Å². The predicted molar refractivity (Wildman–Crippen MR) is 127 cm³/mol. The van der Waals surface area contributed by atoms with E-state index in [1.165, 1.54) is 11.8 Å². The third kappa shape index (κ3) is 3.49. The van der Waals surface area contributed by atoms with E-state index in [-0.39, 0.29) is 5.91 Å². The molecule has 0 spiro atoms. The molecule has 0 unspecified atom stereocenters. The van der Waals surface area contributed by atoms with E-state index in [1.54, 1.807) is 9.69 Å². The number of carbonyl (C=O) groups is 1. The van der Waals surface area contributed by atoms with Crippen LogP contribution in [0.2, 0.25) is 5.15 Å². The number of hydrogen-bond acceptors (Lipinski definition) is 6. The fourth-order valence-corrected chi connectivity index (χ4v) is 4.90. The summed E-state index contributed by atoms with van der Waals surface area (Å²) < 4.78 is 1.70. The Morgan fingerprint density at radius 3 is 2.66 bits per heavy atom. The van der Waals surface area contributed by atoms with Crippen LogP contribution in [0.4, 0.5) is 0 Å². The van der Waals surface area contributed by atoms with E-state index in [2.05, 4.69) is 17.3 Å². The number of amides is 1. The van der Waals surface area contributed by atoms with Gasteiger partial charge >= 0.3 is 0 Å². The summed E-state index contributed by atoms with van der Waals surface area (Å²) in [6.07, 6.45) is 0.370. The van der Waals surface area contributed by atoms with Crippen LogP contribution in [0, 0.1) is 6.92 Å². The summed E-state index contributed by atoms with van der Waals surface area (Å²) in [6, 6.07) is 17.3. The zero-order valence-electron chi connectivity index (χ0n) is 17.6. The van der Waals surface area contributed by atoms with Crippen molar-refractivity contribution in [3.8, 4) is 5.69 Å². The number of carbonyl (C=O) groups excluding carboxylic acids is 1. The van der Waals surface area contributed by atoms with Gasteiger partial charge in [0.2, 0.25) is 0 Å². The Morgan fingerprint density at radius 1 is 1.12 bits per heavy atom. The number of hydrazone groups is 1. The molecule has 9 heteroatoms. The van der Waals surface area contributed by atoms with Crippen LogP contribution in [0.3, 0.4) is 0 Å². The number of thioether (sulfide) groups is 1. The van der Waals surface area contributed by atoms with Crippen LogP contribution in [0.5, 0.6) is 0 Å². The van der Waals surface area contributed by atoms with Gasteiger partial charge in [-0.25, -0.2) is 9.69 Å². The van der Waals surface area contributed by atoms with Crippen molar-refractivity contribution in [2.45, 2.75) is 26.4 Å². The molecule has 0 bridgehead atoms. The summed E-state index contributed by atoms with van der Waals surface area (Å²) in [5.74, 6) is 0.655. The molecule has 2 aromatic carbocycles. The zero-order valence-corrected chi connectivity index (χ0v) is 19.2. The van der Waals surface area contributed by atoms with Crippen molar-refractivity contribution in [1.82, 2.24) is 20.1 Å². The van der Waals surface area contributed by atoms with Crippen molar-refractivity contribution >= 4 is 40.1 Å². The Balaban J connectivity index is 1.70. The number of amidine groups is 1. The third-order valence-electron chi connectivity index (χ3n) is 5.27. The van der Waals surface area contributed by atoms with Gasteiger partial charge in [0.25, 0.3) is 5.91 Å². The highest BCUT2D eigenvalue weighted by Crippen LogP contribution is 2.37. The van der Waals surface area contributed by atoms with Gasteiger partial charge in [-0.3, -0.25) is 15.1 Å². The highest BCUT2D eigenvalue weighted by atomic mass is 35.5. The van der Waals surface area contributed by atoms with Crippen LogP contribution in [0.15, 0.2) is 64.7 Å². The Bertz CT molecular complexity index is 1350. The second-order valence-corrected chi connectivity index (χ2v) is 8.90. The standard InChI is InChI=1S/C23H21ClN6OS/c1-3-13-32-23-26-22(31)19-16-11-7-8-12-17(16)25-21(30(19)28-23)18-14(2)27-29(20(18)24)15-9-5-4-6-10-15/h4-12,21H,3,13H2,1-2H3,(H,26,28,31)/t21-/m0/s1. The number of aromatic nitrogens is 2. The molecule has 1 aromatic heterocycles. The van der Waals surface area contributed by atoms with Crippen LogP contribution < -0.4 is 15.9 Å². The molecule has 3 aromatic rings. The monoisotopic (exact) mass is 464 g/mol. The van der Waals surface area contributed by atoms with Crippen molar-refractivity contribution in [1.29, 1.82) is 0 Å². The maximum Gasteiger partial charge on any atom is 0.276 e. The molecule has 5 rings (SSSR count). The second kappa shape index (κ2) is 8.44. The summed E-state index contributed by atoms with van der Waals surface area (Å²) in [7, 11) is 0. The van der Waals surface area contributed by atoms with Crippen LogP contribution in [0.25, 0.3) is 11.4 Å². The SMILES string of the molecule is CCCSC1=NN2C(=c3ccccc3=N[C@@H]2c2c(C)nn(-c3ccccc3)c2Cl)C(=O)N1. The number of nitrogens with zero attached hydrogens (tertiary/aromatic N) is 5. The fraction of sp³-hybridized carbons (Fsp3) is 0.217. The quantitative estimate of drug-likeness (QED) is 0.643. The van der Waals surface area contributed by atoms with E-state index >= 15 is 0 Å². The lowest BCUT2D eigenvalue weighted by Crippen LogP contribution is -2.50. The number of hydrogen-bond donors (Lipinski definition) is 1. The normalized spacial score (nSPS) is 17.3. The van der Waals surface area contributed by atoms with Crippen molar-refractivity contribution in [3.05, 3.63) is 81.6 Å². The lowest BCUT2D eigenvalue weighted by Gasteiger charge is -2.33. The van der Waals surface area contributed by atoms with E-state index in [9.17, 15) is 4.79 Å². The second-order valence-electron chi connectivity index (χ2n) is 7.46. The maximum absolute atomic E-state index is 13.2. The van der Waals surface area contributed by atoms with Gasteiger partial charge in [0.15, 0.2) is 11.3 Å². The highest BCUT2D eigenvalue weighted by Gasteiger charge is 2.37. The average Bonchev–Trinajstić information content (AvgIpc) is 3.11. The lowest BCUT2D eigenvalue weighted by atomic mass is 10.1. The topological polar surface area (TPSA) is 74.9 Å². The van der Waals surface area contributed by atoms with E-state index in [0.717, 1.165) is 39.7 Å². The fourth-order valence-electron chi connectivity index (χ4n) is 3.82. The van der Waals surface area contributed by atoms with Gasteiger partial charge in [-0.1, -0.05) is 66.7 Å². The number of fused-ring (bicyclic) bond motifs is 2. The van der Waals surface area contributed by atoms with Gasteiger partial charge in [-0.15, -0.1) is 5.10 Å². The smallest absolute Gasteiger partial charge is 0.276 e. The first-order valence-electron chi connectivity index (χ1n) is 10.4. The summed E-state index contributed by atoms with van der Waals surface area (Å²) >= 11 is 8.38. The van der Waals surface area contributed by atoms with E-state index in [1.807, 2.05) is 61.5 Å². The molecule has 162 valence electrons. The zero-order chi connectivity index (χ0) is 22.2. The minimum atomic E-state index is -0.604. The minimum Gasteiger partial charge on any atom is -0.298 e. The van der Waals surface area contributed by atoms with Crippen LogP contribution in [-0.4, -0.2) is 31.6 Å². The number of benzene rings is 2. The molecule has 1 atom stereocenters. The first-order chi connectivity index (χ1) is 15.6. The van der Waals surface area contributed by atoms with E-state index in [4.69, 9.17) is 21.7 Å². The molecule has 7 nitrogen and oxygen atoms in total. The third-order valence-corrected chi connectivity index (χ3v) is 6.70. The first kappa shape index (κ1) is 20.8. The van der Waals surface area contributed by atoms with Gasteiger partial charge in [-0.05, 0) is 31.5 Å². The highest BCUT2D eigenvalue weighted by molar-refractivity contribution is 8.13. The number of aryl methyl sites for hydroxylation is 1. The van der Waals surface area contributed by atoms with Crippen molar-refractivity contribution < 1.29 is 4.79 Å². The molecular weight excluding hydrogens is 444 g/mol. The van der Waals surface area contributed by atoms with Gasteiger partial charge < -0.3 is 0 Å². The molecule has 2 aliphatic heterocycles. The number of para-hydroxylation sites is 2. The van der Waals surface area contributed by atoms with Crippen LogP contribution in [-0.2, 0) is 4.79 Å². The molecule has 0 saturated carbocycles. The molecule has 0 radical (unpaired) electrons. The van der Waals surface area contributed by atoms with Gasteiger partial charge in [0.1, 0.15) is 10.9 Å². The van der Waals surface area contributed by atoms with Gasteiger partial charge in [-0.2, -0.15) is 5.10 Å². The van der Waals surface area contributed by atoms with Crippen LogP contribution >= 0.6 is 23.4 Å². The molecular formula is C23H21ClN6OS. The molecule has 3 heterocycles. The van der Waals surface area contributed by atoms with Gasteiger partial charge in [0, 0.05) is 11.0 Å². The largest absolute Gasteiger partial charge is 0.298 e. The van der Waals surface area contributed by atoms with Crippen molar-refractivity contribution in [2.24, 2.45) is 10.1 Å². The Morgan fingerprint density at radius 2 is 1.88 bits per heavy atom. The molecule has 2 aliphatic rings. The summed E-state index contributed by atoms with van der Waals surface area (Å²) in [4.78, 5) is 18.1. The first-order valence-corrected chi connectivity index (χ1v) is 11.7. The molecule has 1 N–H and O–H groups in total. The minimum absolute atomic E-state index is 0.199. The molecule has 1 amide bonds. The maximum atomic E-state index is 13.2. The Hall–Kier alpha value is -3.10. The number of nitrogens with one attached hydrogen (secondary N) is 1. The molecule has 0 fully saturated rings. The van der Waals surface area contributed by atoms with Crippen molar-refractivity contribution in [2.75, 3.05) is 5.75 Å². The van der Waals surface area contributed by atoms with Crippen molar-refractivity contribution in [3.63, 3.8) is 0 Å². The van der Waals surface area contributed by atoms with Gasteiger partial charge in [0.05, 0.1) is 22.3 Å². The van der Waals surface area contributed by atoms with E-state index < -0.39 is 6.17 Å². The van der Waals surface area contributed by atoms with Crippen LogP contribution in [0.1, 0.15) is 30.8 Å². The summed E-state index contributed by atoms with van der Waals surface area (Å²) in [5.41, 5.74) is 2.77. The number of rotatable bonds is 4. The lowest BCUT2D eigenvalue weighted by molar-refractivity contribution is -0.116. The molecule has 32 heavy (non-hydrogen) atoms. The van der Waals surface area contributed by atoms with E-state index in [0.29, 0.717) is 16.0 Å². The Kier molecular flexibility index (Phi) is 5.48. The molecule has 0 aliphatic carbocycles. The summed E-state index contributed by atoms with van der Waals surface area (Å²) in [5, 5.41) is 16.5.